The third-order valence-corrected chi connectivity index (χ3v) is 6.28. The van der Waals surface area contributed by atoms with Crippen LogP contribution in [0.1, 0.15) is 33.3 Å². The van der Waals surface area contributed by atoms with E-state index in [0.29, 0.717) is 16.8 Å². The lowest BCUT2D eigenvalue weighted by Gasteiger charge is -2.28. The molecule has 0 bridgehead atoms. The van der Waals surface area contributed by atoms with Crippen LogP contribution in [-0.4, -0.2) is 21.8 Å². The van der Waals surface area contributed by atoms with Crippen LogP contribution < -0.4 is 4.90 Å². The summed E-state index contributed by atoms with van der Waals surface area (Å²) in [4.78, 5) is 32.5. The summed E-state index contributed by atoms with van der Waals surface area (Å²) in [5.74, 6) is -1.70. The zero-order valence-electron chi connectivity index (χ0n) is 17.9. The van der Waals surface area contributed by atoms with Crippen LogP contribution in [0.2, 0.25) is 0 Å². The molecule has 1 aliphatic rings. The number of hydrogen-bond donors (Lipinski definition) is 1. The number of carbonyl (C=O) groups excluding carboxylic acids is 2. The first-order valence-corrected chi connectivity index (χ1v) is 11.1. The van der Waals surface area contributed by atoms with Crippen molar-refractivity contribution >= 4 is 44.3 Å². The Balaban J connectivity index is 1.67. The molecule has 1 unspecified atom stereocenters. The number of pyridine rings is 1. The Morgan fingerprint density at radius 2 is 1.82 bits per heavy atom. The zero-order valence-corrected chi connectivity index (χ0v) is 19.5. The number of fused-ring (bicyclic) bond motifs is 1. The number of furan rings is 1. The summed E-state index contributed by atoms with van der Waals surface area (Å²) < 4.78 is 6.64. The van der Waals surface area contributed by atoms with Gasteiger partial charge in [-0.3, -0.25) is 19.5 Å². The summed E-state index contributed by atoms with van der Waals surface area (Å²) in [7, 11) is 0. The molecule has 6 nitrogen and oxygen atoms in total. The summed E-state index contributed by atoms with van der Waals surface area (Å²) in [6.07, 6.45) is 3.19. The summed E-state index contributed by atoms with van der Waals surface area (Å²) in [5.41, 5.74) is 3.70. The number of rotatable bonds is 4. The van der Waals surface area contributed by atoms with E-state index >= 15 is 0 Å². The van der Waals surface area contributed by atoms with Crippen LogP contribution in [-0.2, 0) is 4.79 Å². The van der Waals surface area contributed by atoms with E-state index in [0.717, 1.165) is 21.0 Å². The summed E-state index contributed by atoms with van der Waals surface area (Å²) in [5, 5.41) is 11.7. The first kappa shape index (κ1) is 21.2. The van der Waals surface area contributed by atoms with Gasteiger partial charge in [-0.1, -0.05) is 33.6 Å². The highest BCUT2D eigenvalue weighted by Crippen LogP contribution is 2.43. The normalized spacial score (nSPS) is 16.2. The van der Waals surface area contributed by atoms with E-state index in [1.54, 1.807) is 36.7 Å². The topological polar surface area (TPSA) is 83.6 Å². The van der Waals surface area contributed by atoms with Crippen molar-refractivity contribution in [3.63, 3.8) is 0 Å². The third kappa shape index (κ3) is 3.54. The number of anilines is 1. The Morgan fingerprint density at radius 1 is 1.06 bits per heavy atom. The van der Waals surface area contributed by atoms with E-state index < -0.39 is 23.5 Å². The number of aliphatic hydroxyl groups excluding tert-OH is 1. The standard InChI is InChI=1S/C26H19BrN2O4/c1-14-3-5-19(15(2)11-14)29-23(16-7-9-28-10-8-16)22(25(31)26(29)32)24(30)21-13-17-12-18(27)4-6-20(17)33-21/h3-13,23,31H,1-2H3. The van der Waals surface area contributed by atoms with Gasteiger partial charge in [-0.15, -0.1) is 0 Å². The van der Waals surface area contributed by atoms with Crippen molar-refractivity contribution < 1.29 is 19.1 Å². The maximum absolute atomic E-state index is 13.6. The van der Waals surface area contributed by atoms with Crippen molar-refractivity contribution in [2.24, 2.45) is 0 Å². The third-order valence-electron chi connectivity index (χ3n) is 5.79. The van der Waals surface area contributed by atoms with Gasteiger partial charge in [-0.25, -0.2) is 0 Å². The summed E-state index contributed by atoms with van der Waals surface area (Å²) >= 11 is 3.41. The molecule has 33 heavy (non-hydrogen) atoms. The number of aliphatic hydroxyl groups is 1. The Labute approximate surface area is 198 Å². The number of ketones is 1. The van der Waals surface area contributed by atoms with E-state index in [2.05, 4.69) is 20.9 Å². The molecule has 0 saturated heterocycles. The number of aromatic nitrogens is 1. The van der Waals surface area contributed by atoms with E-state index in [1.807, 2.05) is 44.2 Å². The van der Waals surface area contributed by atoms with Crippen LogP contribution in [0.5, 0.6) is 0 Å². The van der Waals surface area contributed by atoms with Crippen molar-refractivity contribution in [2.45, 2.75) is 19.9 Å². The number of halogens is 1. The average molecular weight is 503 g/mol. The number of amides is 1. The van der Waals surface area contributed by atoms with Gasteiger partial charge in [0, 0.05) is 27.9 Å². The molecule has 2 aromatic carbocycles. The van der Waals surface area contributed by atoms with Gasteiger partial charge in [0.2, 0.25) is 5.78 Å². The van der Waals surface area contributed by atoms with E-state index in [-0.39, 0.29) is 11.3 Å². The van der Waals surface area contributed by atoms with Crippen molar-refractivity contribution in [1.82, 2.24) is 4.98 Å². The van der Waals surface area contributed by atoms with Crippen LogP contribution in [0.3, 0.4) is 0 Å². The molecule has 0 saturated carbocycles. The van der Waals surface area contributed by atoms with Gasteiger partial charge in [-0.2, -0.15) is 0 Å². The molecule has 4 aromatic rings. The Bertz CT molecular complexity index is 1460. The molecule has 0 fully saturated rings. The largest absolute Gasteiger partial charge is 0.503 e. The molecule has 1 amide bonds. The van der Waals surface area contributed by atoms with Crippen LogP contribution in [0.4, 0.5) is 5.69 Å². The molecule has 1 N–H and O–H groups in total. The van der Waals surface area contributed by atoms with Crippen molar-refractivity contribution in [2.75, 3.05) is 4.90 Å². The number of carbonyl (C=O) groups is 2. The highest BCUT2D eigenvalue weighted by Gasteiger charge is 2.45. The van der Waals surface area contributed by atoms with Gasteiger partial charge in [0.15, 0.2) is 11.5 Å². The van der Waals surface area contributed by atoms with Crippen molar-refractivity contribution in [3.05, 3.63) is 105 Å². The smallest absolute Gasteiger partial charge is 0.294 e. The first-order valence-electron chi connectivity index (χ1n) is 10.3. The monoisotopic (exact) mass is 502 g/mol. The zero-order chi connectivity index (χ0) is 23.3. The first-order chi connectivity index (χ1) is 15.8. The van der Waals surface area contributed by atoms with Gasteiger partial charge in [-0.05, 0) is 67.4 Å². The molecular formula is C26H19BrN2O4. The molecule has 0 spiro atoms. The Hall–Kier alpha value is -3.71. The fraction of sp³-hybridized carbons (Fsp3) is 0.115. The number of aryl methyl sites for hydroxylation is 2. The highest BCUT2D eigenvalue weighted by atomic mass is 79.9. The summed E-state index contributed by atoms with van der Waals surface area (Å²) in [6.45, 7) is 3.86. The SMILES string of the molecule is Cc1ccc(N2C(=O)C(O)=C(C(=O)c3cc4cc(Br)ccc4o3)C2c2ccncc2)c(C)c1. The van der Waals surface area contributed by atoms with Crippen LogP contribution in [0.25, 0.3) is 11.0 Å². The lowest BCUT2D eigenvalue weighted by atomic mass is 9.95. The minimum atomic E-state index is -0.825. The molecule has 0 aliphatic carbocycles. The lowest BCUT2D eigenvalue weighted by Crippen LogP contribution is -2.31. The highest BCUT2D eigenvalue weighted by molar-refractivity contribution is 9.10. The fourth-order valence-corrected chi connectivity index (χ4v) is 4.66. The van der Waals surface area contributed by atoms with Gasteiger partial charge < -0.3 is 9.52 Å². The molecular weight excluding hydrogens is 484 g/mol. The fourth-order valence-electron chi connectivity index (χ4n) is 4.28. The molecule has 1 atom stereocenters. The second-order valence-corrected chi connectivity index (χ2v) is 8.95. The predicted octanol–water partition coefficient (Wildman–Crippen LogP) is 5.99. The van der Waals surface area contributed by atoms with E-state index in [9.17, 15) is 14.7 Å². The molecule has 0 radical (unpaired) electrons. The molecule has 3 heterocycles. The van der Waals surface area contributed by atoms with Gasteiger partial charge in [0.05, 0.1) is 11.6 Å². The number of hydrogen-bond acceptors (Lipinski definition) is 5. The van der Waals surface area contributed by atoms with Crippen molar-refractivity contribution in [1.29, 1.82) is 0 Å². The molecule has 2 aromatic heterocycles. The van der Waals surface area contributed by atoms with Crippen LogP contribution >= 0.6 is 15.9 Å². The quantitative estimate of drug-likeness (QED) is 0.346. The molecule has 5 rings (SSSR count). The molecule has 1 aliphatic heterocycles. The average Bonchev–Trinajstić information content (AvgIpc) is 3.33. The van der Waals surface area contributed by atoms with Crippen molar-refractivity contribution in [3.8, 4) is 0 Å². The van der Waals surface area contributed by atoms with Gasteiger partial charge in [0.25, 0.3) is 5.91 Å². The Morgan fingerprint density at radius 3 is 2.55 bits per heavy atom. The second kappa shape index (κ2) is 8.01. The molecule has 164 valence electrons. The number of nitrogens with zero attached hydrogens (tertiary/aromatic N) is 2. The Kier molecular flexibility index (Phi) is 5.13. The molecule has 7 heteroatoms. The maximum Gasteiger partial charge on any atom is 0.294 e. The second-order valence-electron chi connectivity index (χ2n) is 8.03. The summed E-state index contributed by atoms with van der Waals surface area (Å²) in [6, 6.07) is 15.4. The lowest BCUT2D eigenvalue weighted by molar-refractivity contribution is -0.117. The minimum absolute atomic E-state index is 0.0238. The predicted molar refractivity (Wildman–Crippen MR) is 128 cm³/mol. The van der Waals surface area contributed by atoms with Crippen LogP contribution in [0.15, 0.2) is 87.2 Å². The minimum Gasteiger partial charge on any atom is -0.503 e. The number of benzene rings is 2. The maximum atomic E-state index is 13.6. The number of Topliss-reactive ketones (excluding diaryl/α,β-unsaturated/α-hetero) is 1. The van der Waals surface area contributed by atoms with E-state index in [1.165, 1.54) is 4.90 Å². The van der Waals surface area contributed by atoms with E-state index in [4.69, 9.17) is 4.42 Å². The van der Waals surface area contributed by atoms with Crippen LogP contribution in [0, 0.1) is 13.8 Å². The van der Waals surface area contributed by atoms with Gasteiger partial charge >= 0.3 is 0 Å². The van der Waals surface area contributed by atoms with Gasteiger partial charge in [0.1, 0.15) is 5.58 Å².